The maximum Gasteiger partial charge on any atom is 0.118 e. The number of aliphatic hydroxyl groups is 1. The van der Waals surface area contributed by atoms with E-state index in [-0.39, 0.29) is 5.41 Å². The van der Waals surface area contributed by atoms with Gasteiger partial charge in [0.25, 0.3) is 0 Å². The summed E-state index contributed by atoms with van der Waals surface area (Å²) >= 11 is 0. The molecule has 0 atom stereocenters. The predicted octanol–water partition coefficient (Wildman–Crippen LogP) is 6.42. The molecule has 21 heavy (non-hydrogen) atoms. The second-order valence-electron chi connectivity index (χ2n) is 6.70. The fraction of sp³-hybridized carbons (Fsp3) is 0.500. The molecule has 0 fully saturated rings. The van der Waals surface area contributed by atoms with Crippen LogP contribution in [0.25, 0.3) is 0 Å². The Hall–Kier alpha value is -1.50. The highest BCUT2D eigenvalue weighted by molar-refractivity contribution is 5.38. The van der Waals surface area contributed by atoms with Crippen molar-refractivity contribution in [1.29, 1.82) is 0 Å². The smallest absolute Gasteiger partial charge is 0.118 e. The Labute approximate surface area is 130 Å². The van der Waals surface area contributed by atoms with Crippen LogP contribution >= 0.6 is 0 Å². The molecule has 116 valence electrons. The first-order valence-corrected chi connectivity index (χ1v) is 7.87. The molecular weight excluding hydrogens is 256 g/mol. The molecule has 0 saturated carbocycles. The first-order valence-electron chi connectivity index (χ1n) is 7.87. The van der Waals surface area contributed by atoms with Crippen LogP contribution in [0.2, 0.25) is 0 Å². The molecule has 0 radical (unpaired) electrons. The van der Waals surface area contributed by atoms with Gasteiger partial charge in [-0.25, -0.2) is 0 Å². The van der Waals surface area contributed by atoms with Gasteiger partial charge < -0.3 is 5.11 Å². The van der Waals surface area contributed by atoms with E-state index < -0.39 is 0 Å². The van der Waals surface area contributed by atoms with E-state index in [9.17, 15) is 5.11 Å². The number of hydrogen-bond acceptors (Lipinski definition) is 1. The van der Waals surface area contributed by atoms with Gasteiger partial charge in [0.1, 0.15) is 5.76 Å². The molecule has 0 aromatic rings. The lowest BCUT2D eigenvalue weighted by molar-refractivity contribution is 0.376. The first kappa shape index (κ1) is 17.6. The van der Waals surface area contributed by atoms with Crippen LogP contribution in [0.1, 0.15) is 60.8 Å². The largest absolute Gasteiger partial charge is 0.508 e. The van der Waals surface area contributed by atoms with E-state index in [2.05, 4.69) is 26.8 Å². The van der Waals surface area contributed by atoms with Crippen LogP contribution in [-0.4, -0.2) is 5.11 Å². The van der Waals surface area contributed by atoms with Crippen LogP contribution in [0, 0.1) is 5.41 Å². The zero-order valence-corrected chi connectivity index (χ0v) is 14.5. The molecular formula is C20H30O. The van der Waals surface area contributed by atoms with Crippen LogP contribution in [-0.2, 0) is 0 Å². The quantitative estimate of drug-likeness (QED) is 0.467. The average Bonchev–Trinajstić information content (AvgIpc) is 2.42. The summed E-state index contributed by atoms with van der Waals surface area (Å²) in [7, 11) is 0. The van der Waals surface area contributed by atoms with E-state index in [1.54, 1.807) is 6.08 Å². The zero-order valence-electron chi connectivity index (χ0n) is 14.5. The third-order valence-electron chi connectivity index (χ3n) is 4.41. The summed E-state index contributed by atoms with van der Waals surface area (Å²) < 4.78 is 0. The summed E-state index contributed by atoms with van der Waals surface area (Å²) in [6, 6.07) is 0. The Morgan fingerprint density at radius 2 is 1.81 bits per heavy atom. The summed E-state index contributed by atoms with van der Waals surface area (Å²) in [6.07, 6.45) is 13.7. The van der Waals surface area contributed by atoms with Crippen molar-refractivity contribution in [1.82, 2.24) is 0 Å². The molecule has 1 N–H and O–H groups in total. The van der Waals surface area contributed by atoms with E-state index in [1.807, 2.05) is 39.0 Å². The second-order valence-corrected chi connectivity index (χ2v) is 6.70. The van der Waals surface area contributed by atoms with Crippen molar-refractivity contribution in [2.75, 3.05) is 0 Å². The number of allylic oxidation sites excluding steroid dienone is 9. The fourth-order valence-electron chi connectivity index (χ4n) is 2.74. The zero-order chi connectivity index (χ0) is 16.0. The minimum Gasteiger partial charge on any atom is -0.508 e. The van der Waals surface area contributed by atoms with Crippen molar-refractivity contribution in [2.24, 2.45) is 5.41 Å². The Balaban J connectivity index is 2.95. The van der Waals surface area contributed by atoms with Gasteiger partial charge in [0.15, 0.2) is 0 Å². The molecule has 0 aromatic carbocycles. The summed E-state index contributed by atoms with van der Waals surface area (Å²) in [5, 5.41) is 10.1. The molecule has 1 heteroatoms. The highest BCUT2D eigenvalue weighted by atomic mass is 16.3. The van der Waals surface area contributed by atoms with Crippen molar-refractivity contribution in [3.05, 3.63) is 58.4 Å². The third-order valence-corrected chi connectivity index (χ3v) is 4.41. The van der Waals surface area contributed by atoms with E-state index >= 15 is 0 Å². The number of rotatable bonds is 4. The molecule has 1 aliphatic rings. The molecule has 0 unspecified atom stereocenters. The Morgan fingerprint density at radius 3 is 2.38 bits per heavy atom. The highest BCUT2D eigenvalue weighted by Gasteiger charge is 2.26. The van der Waals surface area contributed by atoms with Crippen molar-refractivity contribution in [2.45, 2.75) is 60.8 Å². The van der Waals surface area contributed by atoms with Crippen LogP contribution in [0.5, 0.6) is 0 Å². The summed E-state index contributed by atoms with van der Waals surface area (Å²) in [6.45, 7) is 12.8. The van der Waals surface area contributed by atoms with Gasteiger partial charge in [0.2, 0.25) is 0 Å². The number of aliphatic hydroxyl groups excluding tert-OH is 1. The molecule has 1 nitrogen and oxygen atoms in total. The summed E-state index contributed by atoms with van der Waals surface area (Å²) in [5.74, 6) is 0.333. The lowest BCUT2D eigenvalue weighted by atomic mass is 9.72. The van der Waals surface area contributed by atoms with Gasteiger partial charge >= 0.3 is 0 Å². The lowest BCUT2D eigenvalue weighted by Gasteiger charge is -2.32. The van der Waals surface area contributed by atoms with Gasteiger partial charge in [0, 0.05) is 0 Å². The maximum absolute atomic E-state index is 10.1. The van der Waals surface area contributed by atoms with Crippen molar-refractivity contribution >= 4 is 0 Å². The standard InChI is InChI=1S/C20H30O/c1-7-15(2)10-13-19(21)17(4)11-12-18-16(3)9-8-14-20(18,5)6/h7,10-13,21H,8-9,14H2,1-6H3/b12-11?,13-10-,15-7-,19-17?. The molecule has 0 amide bonds. The maximum atomic E-state index is 10.1. The molecule has 1 aliphatic carbocycles. The van der Waals surface area contributed by atoms with Crippen LogP contribution in [0.3, 0.4) is 0 Å². The Morgan fingerprint density at radius 1 is 1.14 bits per heavy atom. The predicted molar refractivity (Wildman–Crippen MR) is 93.4 cm³/mol. The van der Waals surface area contributed by atoms with Crippen LogP contribution in [0.15, 0.2) is 58.4 Å². The highest BCUT2D eigenvalue weighted by Crippen LogP contribution is 2.40. The molecule has 0 heterocycles. The van der Waals surface area contributed by atoms with Crippen LogP contribution < -0.4 is 0 Å². The molecule has 0 aliphatic heterocycles. The molecule has 0 bridgehead atoms. The van der Waals surface area contributed by atoms with Gasteiger partial charge in [-0.3, -0.25) is 0 Å². The number of hydrogen-bond donors (Lipinski definition) is 1. The summed E-state index contributed by atoms with van der Waals surface area (Å²) in [5.41, 5.74) is 5.19. The van der Waals surface area contributed by atoms with E-state index in [0.717, 1.165) is 11.1 Å². The minimum atomic E-state index is 0.242. The van der Waals surface area contributed by atoms with E-state index in [0.29, 0.717) is 5.76 Å². The minimum absolute atomic E-state index is 0.242. The van der Waals surface area contributed by atoms with Gasteiger partial charge in [0.05, 0.1) is 0 Å². The van der Waals surface area contributed by atoms with Crippen molar-refractivity contribution in [3.63, 3.8) is 0 Å². The van der Waals surface area contributed by atoms with Gasteiger partial charge in [-0.15, -0.1) is 0 Å². The normalized spacial score (nSPS) is 21.3. The molecule has 0 saturated heterocycles. The summed E-state index contributed by atoms with van der Waals surface area (Å²) in [4.78, 5) is 0. The molecule has 1 rings (SSSR count). The fourth-order valence-corrected chi connectivity index (χ4v) is 2.74. The SMILES string of the molecule is C/C=C(C)\C=C/C(O)=C(C)C=CC1=C(C)CCCC1(C)C. The first-order chi connectivity index (χ1) is 9.77. The topological polar surface area (TPSA) is 20.2 Å². The van der Waals surface area contributed by atoms with Gasteiger partial charge in [-0.05, 0) is 69.6 Å². The Kier molecular flexibility index (Phi) is 6.26. The van der Waals surface area contributed by atoms with Gasteiger partial charge in [-0.1, -0.05) is 49.3 Å². The van der Waals surface area contributed by atoms with E-state index in [4.69, 9.17) is 0 Å². The van der Waals surface area contributed by atoms with Gasteiger partial charge in [-0.2, -0.15) is 0 Å². The molecule has 0 spiro atoms. The second kappa shape index (κ2) is 7.49. The third kappa shape index (κ3) is 5.08. The lowest BCUT2D eigenvalue weighted by Crippen LogP contribution is -2.19. The average molecular weight is 286 g/mol. The molecule has 0 aromatic heterocycles. The van der Waals surface area contributed by atoms with Crippen LogP contribution in [0.4, 0.5) is 0 Å². The van der Waals surface area contributed by atoms with Crippen molar-refractivity contribution in [3.8, 4) is 0 Å². The van der Waals surface area contributed by atoms with Crippen molar-refractivity contribution < 1.29 is 5.11 Å². The van der Waals surface area contributed by atoms with E-state index in [1.165, 1.54) is 30.4 Å². The monoisotopic (exact) mass is 286 g/mol. The Bertz CT molecular complexity index is 522.